The SMILES string of the molecule is O=C(NCCc1ccco1)c1cnc(Cl)c2ccccc12. The number of carbonyl (C=O) groups is 1. The van der Waals surface area contributed by atoms with E-state index in [9.17, 15) is 4.79 Å². The number of halogens is 1. The van der Waals surface area contributed by atoms with Crippen molar-refractivity contribution in [2.45, 2.75) is 6.42 Å². The van der Waals surface area contributed by atoms with Gasteiger partial charge in [-0.15, -0.1) is 0 Å². The average Bonchev–Trinajstić information content (AvgIpc) is 3.01. The molecule has 21 heavy (non-hydrogen) atoms. The number of amides is 1. The van der Waals surface area contributed by atoms with Crippen molar-refractivity contribution in [3.63, 3.8) is 0 Å². The van der Waals surface area contributed by atoms with Crippen molar-refractivity contribution >= 4 is 28.3 Å². The minimum Gasteiger partial charge on any atom is -0.469 e. The van der Waals surface area contributed by atoms with Crippen molar-refractivity contribution in [3.05, 3.63) is 65.3 Å². The van der Waals surface area contributed by atoms with Gasteiger partial charge in [-0.25, -0.2) is 4.98 Å². The Morgan fingerprint density at radius 2 is 2.00 bits per heavy atom. The number of nitrogens with zero attached hydrogens (tertiary/aromatic N) is 1. The van der Waals surface area contributed by atoms with Crippen LogP contribution in [0.4, 0.5) is 0 Å². The van der Waals surface area contributed by atoms with E-state index in [1.165, 1.54) is 6.20 Å². The predicted molar refractivity (Wildman–Crippen MR) is 81.5 cm³/mol. The van der Waals surface area contributed by atoms with Gasteiger partial charge in [0.2, 0.25) is 0 Å². The number of benzene rings is 1. The molecule has 0 spiro atoms. The van der Waals surface area contributed by atoms with E-state index in [-0.39, 0.29) is 5.91 Å². The number of fused-ring (bicyclic) bond motifs is 1. The number of pyridine rings is 1. The number of nitrogens with one attached hydrogen (secondary N) is 1. The van der Waals surface area contributed by atoms with Crippen LogP contribution in [0.25, 0.3) is 10.8 Å². The molecule has 0 aliphatic carbocycles. The van der Waals surface area contributed by atoms with Crippen molar-refractivity contribution in [2.24, 2.45) is 0 Å². The lowest BCUT2D eigenvalue weighted by molar-refractivity contribution is 0.0955. The molecule has 0 unspecified atom stereocenters. The summed E-state index contributed by atoms with van der Waals surface area (Å²) < 4.78 is 5.23. The van der Waals surface area contributed by atoms with E-state index in [4.69, 9.17) is 16.0 Å². The second-order valence-corrected chi connectivity index (χ2v) is 4.95. The maximum atomic E-state index is 12.3. The van der Waals surface area contributed by atoms with Crippen molar-refractivity contribution in [1.82, 2.24) is 10.3 Å². The Balaban J connectivity index is 1.77. The molecule has 0 bridgehead atoms. The Morgan fingerprint density at radius 1 is 1.19 bits per heavy atom. The Morgan fingerprint density at radius 3 is 2.76 bits per heavy atom. The lowest BCUT2D eigenvalue weighted by Gasteiger charge is -2.08. The van der Waals surface area contributed by atoms with Gasteiger partial charge in [-0.05, 0) is 17.5 Å². The lowest BCUT2D eigenvalue weighted by Crippen LogP contribution is -2.26. The number of carbonyl (C=O) groups excluding carboxylic acids is 1. The third-order valence-electron chi connectivity index (χ3n) is 3.23. The van der Waals surface area contributed by atoms with Gasteiger partial charge in [-0.2, -0.15) is 0 Å². The minimum absolute atomic E-state index is 0.165. The third-order valence-corrected chi connectivity index (χ3v) is 3.53. The van der Waals surface area contributed by atoms with Crippen LogP contribution in [0, 0.1) is 0 Å². The Hall–Kier alpha value is -2.33. The minimum atomic E-state index is -0.165. The fraction of sp³-hybridized carbons (Fsp3) is 0.125. The monoisotopic (exact) mass is 300 g/mol. The van der Waals surface area contributed by atoms with E-state index in [1.54, 1.807) is 6.26 Å². The molecule has 2 heterocycles. The predicted octanol–water partition coefficient (Wildman–Crippen LogP) is 3.45. The fourth-order valence-corrected chi connectivity index (χ4v) is 2.40. The zero-order chi connectivity index (χ0) is 14.7. The molecule has 5 heteroatoms. The summed E-state index contributed by atoms with van der Waals surface area (Å²) in [6, 6.07) is 11.2. The molecule has 0 radical (unpaired) electrons. The van der Waals surface area contributed by atoms with E-state index in [0.717, 1.165) is 16.5 Å². The topological polar surface area (TPSA) is 55.1 Å². The van der Waals surface area contributed by atoms with Gasteiger partial charge in [-0.3, -0.25) is 4.79 Å². The molecule has 3 rings (SSSR count). The van der Waals surface area contributed by atoms with Crippen LogP contribution in [0.2, 0.25) is 5.15 Å². The van der Waals surface area contributed by atoms with Gasteiger partial charge >= 0.3 is 0 Å². The van der Waals surface area contributed by atoms with Crippen LogP contribution >= 0.6 is 11.6 Å². The van der Waals surface area contributed by atoms with Crippen molar-refractivity contribution in [3.8, 4) is 0 Å². The van der Waals surface area contributed by atoms with Gasteiger partial charge < -0.3 is 9.73 Å². The summed E-state index contributed by atoms with van der Waals surface area (Å²) in [5.41, 5.74) is 0.523. The van der Waals surface area contributed by atoms with Gasteiger partial charge in [0.05, 0.1) is 11.8 Å². The molecule has 1 amide bonds. The summed E-state index contributed by atoms with van der Waals surface area (Å²) in [6.07, 6.45) is 3.78. The maximum absolute atomic E-state index is 12.3. The van der Waals surface area contributed by atoms with E-state index in [1.807, 2.05) is 36.4 Å². The van der Waals surface area contributed by atoms with Crippen LogP contribution in [-0.4, -0.2) is 17.4 Å². The van der Waals surface area contributed by atoms with Gasteiger partial charge in [0.25, 0.3) is 5.91 Å². The lowest BCUT2D eigenvalue weighted by atomic mass is 10.1. The molecule has 0 aliphatic rings. The van der Waals surface area contributed by atoms with Crippen LogP contribution in [0.5, 0.6) is 0 Å². The van der Waals surface area contributed by atoms with Crippen LogP contribution < -0.4 is 5.32 Å². The number of hydrogen-bond donors (Lipinski definition) is 1. The van der Waals surface area contributed by atoms with Gasteiger partial charge in [-0.1, -0.05) is 35.9 Å². The summed E-state index contributed by atoms with van der Waals surface area (Å²) in [4.78, 5) is 16.3. The smallest absolute Gasteiger partial charge is 0.253 e. The molecule has 4 nitrogen and oxygen atoms in total. The molecule has 1 aromatic carbocycles. The Kier molecular flexibility index (Phi) is 3.88. The largest absolute Gasteiger partial charge is 0.469 e. The van der Waals surface area contributed by atoms with Crippen LogP contribution in [0.15, 0.2) is 53.3 Å². The molecule has 106 valence electrons. The molecule has 2 aromatic heterocycles. The Bertz CT molecular complexity index is 769. The molecule has 1 N–H and O–H groups in total. The van der Waals surface area contributed by atoms with Crippen LogP contribution in [0.3, 0.4) is 0 Å². The maximum Gasteiger partial charge on any atom is 0.253 e. The summed E-state index contributed by atoms with van der Waals surface area (Å²) in [7, 11) is 0. The molecule has 0 fully saturated rings. The first-order valence-corrected chi connectivity index (χ1v) is 6.97. The number of hydrogen-bond acceptors (Lipinski definition) is 3. The normalized spacial score (nSPS) is 10.7. The highest BCUT2D eigenvalue weighted by Gasteiger charge is 2.12. The van der Waals surface area contributed by atoms with Crippen LogP contribution in [-0.2, 0) is 6.42 Å². The first kappa shape index (κ1) is 13.6. The molecule has 0 saturated carbocycles. The molecule has 3 aromatic rings. The number of aromatic nitrogens is 1. The molecular weight excluding hydrogens is 288 g/mol. The second-order valence-electron chi connectivity index (χ2n) is 4.59. The quantitative estimate of drug-likeness (QED) is 0.751. The molecule has 0 saturated heterocycles. The Labute approximate surface area is 126 Å². The first-order valence-electron chi connectivity index (χ1n) is 6.59. The first-order chi connectivity index (χ1) is 10.3. The highest BCUT2D eigenvalue weighted by molar-refractivity contribution is 6.34. The van der Waals surface area contributed by atoms with E-state index < -0.39 is 0 Å². The van der Waals surface area contributed by atoms with E-state index >= 15 is 0 Å². The summed E-state index contributed by atoms with van der Waals surface area (Å²) in [5, 5.41) is 4.84. The zero-order valence-electron chi connectivity index (χ0n) is 11.2. The van der Waals surface area contributed by atoms with E-state index in [0.29, 0.717) is 23.7 Å². The van der Waals surface area contributed by atoms with Crippen molar-refractivity contribution in [2.75, 3.05) is 6.54 Å². The van der Waals surface area contributed by atoms with Crippen molar-refractivity contribution in [1.29, 1.82) is 0 Å². The summed E-state index contributed by atoms with van der Waals surface area (Å²) in [5.74, 6) is 0.677. The van der Waals surface area contributed by atoms with E-state index in [2.05, 4.69) is 10.3 Å². The molecular formula is C16H13ClN2O2. The number of rotatable bonds is 4. The number of furan rings is 1. The molecule has 0 aliphatic heterocycles. The zero-order valence-corrected chi connectivity index (χ0v) is 11.9. The van der Waals surface area contributed by atoms with Gasteiger partial charge in [0, 0.05) is 24.5 Å². The highest BCUT2D eigenvalue weighted by Crippen LogP contribution is 2.24. The average molecular weight is 301 g/mol. The third kappa shape index (κ3) is 2.90. The highest BCUT2D eigenvalue weighted by atomic mass is 35.5. The van der Waals surface area contributed by atoms with Crippen LogP contribution in [0.1, 0.15) is 16.1 Å². The summed E-state index contributed by atoms with van der Waals surface area (Å²) in [6.45, 7) is 0.503. The van der Waals surface area contributed by atoms with Crippen molar-refractivity contribution < 1.29 is 9.21 Å². The van der Waals surface area contributed by atoms with Gasteiger partial charge in [0.15, 0.2) is 0 Å². The fourth-order valence-electron chi connectivity index (χ4n) is 2.19. The van der Waals surface area contributed by atoms with Gasteiger partial charge in [0.1, 0.15) is 10.9 Å². The standard InChI is InChI=1S/C16H13ClN2O2/c17-15-13-6-2-1-5-12(13)14(10-19-15)16(20)18-8-7-11-4-3-9-21-11/h1-6,9-10H,7-8H2,(H,18,20). The molecule has 0 atom stereocenters. The summed E-state index contributed by atoms with van der Waals surface area (Å²) >= 11 is 6.05. The second kappa shape index (κ2) is 5.97.